The summed E-state index contributed by atoms with van der Waals surface area (Å²) in [4.78, 5) is 25.7. The molecular weight excluding hydrogens is 260 g/mol. The number of methoxy groups -OCH3 is 1. The van der Waals surface area contributed by atoms with Gasteiger partial charge in [-0.1, -0.05) is 0 Å². The highest BCUT2D eigenvalue weighted by Gasteiger charge is 2.73. The lowest BCUT2D eigenvalue weighted by molar-refractivity contribution is -0.148. The molecule has 1 heterocycles. The first-order valence-corrected chi connectivity index (χ1v) is 6.96. The van der Waals surface area contributed by atoms with Crippen LogP contribution in [0, 0.1) is 10.8 Å². The van der Waals surface area contributed by atoms with Crippen LogP contribution in [-0.4, -0.2) is 49.3 Å². The van der Waals surface area contributed by atoms with E-state index in [1.807, 2.05) is 20.8 Å². The van der Waals surface area contributed by atoms with Gasteiger partial charge in [0.1, 0.15) is 5.60 Å². The molecular formula is C14H24N2O4. The Labute approximate surface area is 119 Å². The molecule has 1 aliphatic carbocycles. The molecule has 1 saturated heterocycles. The highest BCUT2D eigenvalue weighted by Crippen LogP contribution is 2.68. The molecule has 6 nitrogen and oxygen atoms in total. The van der Waals surface area contributed by atoms with Gasteiger partial charge in [-0.05, 0) is 33.6 Å². The van der Waals surface area contributed by atoms with Gasteiger partial charge < -0.3 is 20.1 Å². The monoisotopic (exact) mass is 284 g/mol. The third kappa shape index (κ3) is 2.26. The minimum Gasteiger partial charge on any atom is -0.469 e. The van der Waals surface area contributed by atoms with E-state index >= 15 is 0 Å². The zero-order valence-corrected chi connectivity index (χ0v) is 12.7. The van der Waals surface area contributed by atoms with Gasteiger partial charge in [-0.2, -0.15) is 0 Å². The van der Waals surface area contributed by atoms with Crippen LogP contribution in [0.1, 0.15) is 33.6 Å². The van der Waals surface area contributed by atoms with E-state index in [1.165, 1.54) is 7.11 Å². The van der Waals surface area contributed by atoms with Crippen molar-refractivity contribution in [2.24, 2.45) is 16.6 Å². The number of rotatable bonds is 2. The summed E-state index contributed by atoms with van der Waals surface area (Å²) in [6, 6.07) is 0. The summed E-state index contributed by atoms with van der Waals surface area (Å²) >= 11 is 0. The first-order chi connectivity index (χ1) is 9.20. The van der Waals surface area contributed by atoms with Crippen molar-refractivity contribution in [2.45, 2.75) is 39.2 Å². The van der Waals surface area contributed by atoms with Gasteiger partial charge in [0.25, 0.3) is 0 Å². The number of carbonyl (C=O) groups is 2. The van der Waals surface area contributed by atoms with Crippen LogP contribution in [0.15, 0.2) is 0 Å². The van der Waals surface area contributed by atoms with Crippen LogP contribution in [0.5, 0.6) is 0 Å². The van der Waals surface area contributed by atoms with Crippen molar-refractivity contribution < 1.29 is 19.1 Å². The molecule has 2 fully saturated rings. The minimum atomic E-state index is -0.613. The molecule has 0 bridgehead atoms. The number of nitrogens with zero attached hydrogens (tertiary/aromatic N) is 1. The van der Waals surface area contributed by atoms with Gasteiger partial charge in [0.15, 0.2) is 0 Å². The van der Waals surface area contributed by atoms with Crippen molar-refractivity contribution >= 4 is 12.1 Å². The van der Waals surface area contributed by atoms with Crippen molar-refractivity contribution in [3.63, 3.8) is 0 Å². The predicted octanol–water partition coefficient (Wildman–Crippen LogP) is 1.14. The fourth-order valence-electron chi connectivity index (χ4n) is 3.28. The lowest BCUT2D eigenvalue weighted by Gasteiger charge is -2.25. The third-order valence-corrected chi connectivity index (χ3v) is 4.46. The molecule has 0 aromatic heterocycles. The second-order valence-corrected chi connectivity index (χ2v) is 6.89. The van der Waals surface area contributed by atoms with Gasteiger partial charge in [-0.15, -0.1) is 0 Å². The van der Waals surface area contributed by atoms with E-state index in [-0.39, 0.29) is 24.0 Å². The molecule has 1 spiro atoms. The number of nitrogens with two attached hydrogens (primary N) is 1. The van der Waals surface area contributed by atoms with Crippen LogP contribution < -0.4 is 5.73 Å². The molecule has 2 rings (SSSR count). The Balaban J connectivity index is 2.04. The first kappa shape index (κ1) is 15.1. The van der Waals surface area contributed by atoms with Crippen molar-refractivity contribution in [2.75, 3.05) is 26.7 Å². The molecule has 2 N–H and O–H groups in total. The summed E-state index contributed by atoms with van der Waals surface area (Å²) in [5.41, 5.74) is 4.45. The summed E-state index contributed by atoms with van der Waals surface area (Å²) in [6.07, 6.45) is 1.15. The number of likely N-dealkylation sites (tertiary alicyclic amines) is 1. The van der Waals surface area contributed by atoms with Gasteiger partial charge in [0.2, 0.25) is 0 Å². The zero-order valence-electron chi connectivity index (χ0n) is 12.7. The minimum absolute atomic E-state index is 0.217. The second kappa shape index (κ2) is 4.62. The third-order valence-electron chi connectivity index (χ3n) is 4.46. The topological polar surface area (TPSA) is 81.9 Å². The van der Waals surface area contributed by atoms with Gasteiger partial charge in [-0.3, -0.25) is 4.79 Å². The van der Waals surface area contributed by atoms with E-state index in [1.54, 1.807) is 4.90 Å². The molecule has 1 saturated carbocycles. The van der Waals surface area contributed by atoms with Crippen LogP contribution in [0.3, 0.4) is 0 Å². The molecule has 2 atom stereocenters. The average Bonchev–Trinajstić information content (AvgIpc) is 2.77. The summed E-state index contributed by atoms with van der Waals surface area (Å²) in [7, 11) is 1.38. The molecule has 2 aliphatic rings. The normalized spacial score (nSPS) is 32.4. The number of amides is 1. The average molecular weight is 284 g/mol. The molecule has 0 aromatic carbocycles. The van der Waals surface area contributed by atoms with E-state index < -0.39 is 11.0 Å². The Hall–Kier alpha value is -1.30. The van der Waals surface area contributed by atoms with Crippen LogP contribution in [0.25, 0.3) is 0 Å². The highest BCUT2D eigenvalue weighted by atomic mass is 16.6. The van der Waals surface area contributed by atoms with Gasteiger partial charge >= 0.3 is 12.1 Å². The van der Waals surface area contributed by atoms with E-state index in [9.17, 15) is 9.59 Å². The Morgan fingerprint density at radius 1 is 1.35 bits per heavy atom. The fourth-order valence-corrected chi connectivity index (χ4v) is 3.28. The number of carbonyl (C=O) groups excluding carboxylic acids is 2. The van der Waals surface area contributed by atoms with Crippen molar-refractivity contribution in [1.29, 1.82) is 0 Å². The van der Waals surface area contributed by atoms with Crippen LogP contribution in [0.2, 0.25) is 0 Å². The lowest BCUT2D eigenvalue weighted by Crippen LogP contribution is -2.37. The van der Waals surface area contributed by atoms with Crippen molar-refractivity contribution in [3.8, 4) is 0 Å². The molecule has 6 heteroatoms. The SMILES string of the molecule is COC(=O)[C@@]1(CN)C[C@]12CCN(C(=O)OC(C)(C)C)C2. The molecule has 0 unspecified atom stereocenters. The van der Waals surface area contributed by atoms with Crippen LogP contribution >= 0.6 is 0 Å². The molecule has 114 valence electrons. The maximum absolute atomic E-state index is 12.1. The number of esters is 1. The summed E-state index contributed by atoms with van der Waals surface area (Å²) in [6.45, 7) is 6.91. The predicted molar refractivity (Wildman–Crippen MR) is 73.0 cm³/mol. The van der Waals surface area contributed by atoms with Crippen molar-refractivity contribution in [1.82, 2.24) is 4.90 Å². The molecule has 1 amide bonds. The largest absolute Gasteiger partial charge is 0.469 e. The van der Waals surface area contributed by atoms with E-state index in [2.05, 4.69) is 0 Å². The molecule has 20 heavy (non-hydrogen) atoms. The Bertz CT molecular complexity index is 431. The molecule has 0 aromatic rings. The standard InChI is InChI=1S/C14H24N2O4/c1-12(2,3)20-11(18)16-6-5-13(9-16)7-14(13,8-15)10(17)19-4/h5-9,15H2,1-4H3/t13-,14-/m0/s1. The zero-order chi connectivity index (χ0) is 15.2. The summed E-state index contributed by atoms with van der Waals surface area (Å²) < 4.78 is 10.2. The first-order valence-electron chi connectivity index (χ1n) is 6.96. The van der Waals surface area contributed by atoms with Crippen LogP contribution in [0.4, 0.5) is 4.79 Å². The van der Waals surface area contributed by atoms with Gasteiger partial charge in [0.05, 0.1) is 12.5 Å². The smallest absolute Gasteiger partial charge is 0.410 e. The Kier molecular flexibility index (Phi) is 3.48. The Morgan fingerprint density at radius 2 is 2.00 bits per heavy atom. The van der Waals surface area contributed by atoms with E-state index in [0.717, 1.165) is 6.42 Å². The Morgan fingerprint density at radius 3 is 2.50 bits per heavy atom. The second-order valence-electron chi connectivity index (χ2n) is 6.89. The number of hydrogen-bond donors (Lipinski definition) is 1. The van der Waals surface area contributed by atoms with Crippen LogP contribution in [-0.2, 0) is 14.3 Å². The highest BCUT2D eigenvalue weighted by molar-refractivity contribution is 5.83. The molecule has 1 aliphatic heterocycles. The van der Waals surface area contributed by atoms with Gasteiger partial charge in [-0.25, -0.2) is 4.79 Å². The van der Waals surface area contributed by atoms with E-state index in [4.69, 9.17) is 15.2 Å². The fraction of sp³-hybridized carbons (Fsp3) is 0.857. The quantitative estimate of drug-likeness (QED) is 0.769. The lowest BCUT2D eigenvalue weighted by atomic mass is 9.92. The number of ether oxygens (including phenoxy) is 2. The van der Waals surface area contributed by atoms with E-state index in [0.29, 0.717) is 19.5 Å². The van der Waals surface area contributed by atoms with Crippen molar-refractivity contribution in [3.05, 3.63) is 0 Å². The molecule has 0 radical (unpaired) electrons. The number of hydrogen-bond acceptors (Lipinski definition) is 5. The maximum atomic E-state index is 12.1. The summed E-state index contributed by atoms with van der Waals surface area (Å²) in [5.74, 6) is -0.258. The maximum Gasteiger partial charge on any atom is 0.410 e. The summed E-state index contributed by atoms with van der Waals surface area (Å²) in [5, 5.41) is 0. The van der Waals surface area contributed by atoms with Gasteiger partial charge in [0, 0.05) is 25.0 Å².